The molecule has 2 N–H and O–H groups in total. The number of hydrogen-bond donors (Lipinski definition) is 2. The molecule has 0 aliphatic rings. The summed E-state index contributed by atoms with van der Waals surface area (Å²) in [5.41, 5.74) is 7.45. The molecule has 0 aliphatic heterocycles. The van der Waals surface area contributed by atoms with Gasteiger partial charge in [0.05, 0.1) is 0 Å². The maximum Gasteiger partial charge on any atom is 0.271 e. The molecule has 0 saturated heterocycles. The van der Waals surface area contributed by atoms with Gasteiger partial charge in [0.2, 0.25) is 0 Å². The zero-order valence-corrected chi connectivity index (χ0v) is 14.2. The van der Waals surface area contributed by atoms with Crippen LogP contribution in [0.3, 0.4) is 0 Å². The van der Waals surface area contributed by atoms with Gasteiger partial charge in [-0.1, -0.05) is 36.4 Å². The van der Waals surface area contributed by atoms with Gasteiger partial charge >= 0.3 is 0 Å². The molecule has 0 aromatic heterocycles. The van der Waals surface area contributed by atoms with Crippen molar-refractivity contribution in [2.24, 2.45) is 10.2 Å². The van der Waals surface area contributed by atoms with E-state index in [0.29, 0.717) is 29.0 Å². The minimum Gasteiger partial charge on any atom is -0.267 e. The number of benzene rings is 2. The molecule has 6 heteroatoms. The fourth-order valence-electron chi connectivity index (χ4n) is 2.05. The van der Waals surface area contributed by atoms with Gasteiger partial charge in [-0.25, -0.2) is 10.9 Å². The first-order valence-corrected chi connectivity index (χ1v) is 7.83. The Kier molecular flexibility index (Phi) is 6.59. The third-order valence-corrected chi connectivity index (χ3v) is 3.28. The maximum atomic E-state index is 11.9. The SMILES string of the molecule is C/C(C/C(C)=N/NC(=O)c1ccccc1)=N\NC(=O)c1ccccc1. The first-order valence-electron chi connectivity index (χ1n) is 7.83. The van der Waals surface area contributed by atoms with E-state index in [0.717, 1.165) is 0 Å². The summed E-state index contributed by atoms with van der Waals surface area (Å²) in [5.74, 6) is -0.543. The molecule has 0 bridgehead atoms. The van der Waals surface area contributed by atoms with Crippen LogP contribution in [0.15, 0.2) is 70.9 Å². The van der Waals surface area contributed by atoms with Crippen molar-refractivity contribution in [2.75, 3.05) is 0 Å². The average molecular weight is 336 g/mol. The van der Waals surface area contributed by atoms with E-state index in [9.17, 15) is 9.59 Å². The van der Waals surface area contributed by atoms with Crippen molar-refractivity contribution in [1.29, 1.82) is 0 Å². The van der Waals surface area contributed by atoms with Gasteiger partial charge in [-0.2, -0.15) is 10.2 Å². The lowest BCUT2D eigenvalue weighted by atomic mass is 10.2. The predicted octanol–water partition coefficient (Wildman–Crippen LogP) is 2.99. The molecule has 6 nitrogen and oxygen atoms in total. The quantitative estimate of drug-likeness (QED) is 0.628. The number of nitrogens with one attached hydrogen (secondary N) is 2. The molecule has 0 atom stereocenters. The molecule has 0 radical (unpaired) electrons. The third kappa shape index (κ3) is 6.02. The zero-order valence-electron chi connectivity index (χ0n) is 14.2. The summed E-state index contributed by atoms with van der Waals surface area (Å²) in [6.07, 6.45) is 0.435. The van der Waals surface area contributed by atoms with Crippen LogP contribution in [0, 0.1) is 0 Å². The number of carbonyl (C=O) groups is 2. The number of hydrogen-bond acceptors (Lipinski definition) is 4. The lowest BCUT2D eigenvalue weighted by Crippen LogP contribution is -2.21. The Labute approximate surface area is 146 Å². The van der Waals surface area contributed by atoms with Crippen LogP contribution in [-0.4, -0.2) is 23.2 Å². The van der Waals surface area contributed by atoms with Gasteiger partial charge in [0, 0.05) is 29.0 Å². The number of rotatable bonds is 6. The molecule has 0 aliphatic carbocycles. The van der Waals surface area contributed by atoms with E-state index in [4.69, 9.17) is 0 Å². The Hall–Kier alpha value is -3.28. The summed E-state index contributed by atoms with van der Waals surface area (Å²) in [6, 6.07) is 17.7. The van der Waals surface area contributed by atoms with Crippen LogP contribution in [-0.2, 0) is 0 Å². The van der Waals surface area contributed by atoms with Crippen LogP contribution in [0.1, 0.15) is 41.0 Å². The Morgan fingerprint density at radius 1 is 0.720 bits per heavy atom. The molecular weight excluding hydrogens is 316 g/mol. The third-order valence-electron chi connectivity index (χ3n) is 3.28. The predicted molar refractivity (Wildman–Crippen MR) is 98.7 cm³/mol. The van der Waals surface area contributed by atoms with Gasteiger partial charge < -0.3 is 0 Å². The smallest absolute Gasteiger partial charge is 0.267 e. The monoisotopic (exact) mass is 336 g/mol. The summed E-state index contributed by atoms with van der Waals surface area (Å²) < 4.78 is 0. The van der Waals surface area contributed by atoms with Crippen LogP contribution in [0.2, 0.25) is 0 Å². The lowest BCUT2D eigenvalue weighted by molar-refractivity contribution is 0.0947. The van der Waals surface area contributed by atoms with Gasteiger partial charge in [-0.15, -0.1) is 0 Å². The minimum absolute atomic E-state index is 0.271. The molecule has 2 amide bonds. The molecule has 128 valence electrons. The molecule has 0 fully saturated rings. The summed E-state index contributed by atoms with van der Waals surface area (Å²) in [5, 5.41) is 8.10. The van der Waals surface area contributed by atoms with E-state index >= 15 is 0 Å². The van der Waals surface area contributed by atoms with Crippen LogP contribution in [0.4, 0.5) is 0 Å². The minimum atomic E-state index is -0.271. The van der Waals surface area contributed by atoms with E-state index in [1.165, 1.54) is 0 Å². The van der Waals surface area contributed by atoms with Gasteiger partial charge in [0.1, 0.15) is 0 Å². The fourth-order valence-corrected chi connectivity index (χ4v) is 2.05. The van der Waals surface area contributed by atoms with Crippen LogP contribution in [0.25, 0.3) is 0 Å². The van der Waals surface area contributed by atoms with E-state index in [1.54, 1.807) is 62.4 Å². The van der Waals surface area contributed by atoms with Gasteiger partial charge in [0.15, 0.2) is 0 Å². The molecule has 25 heavy (non-hydrogen) atoms. The molecule has 2 rings (SSSR count). The molecule has 2 aromatic rings. The van der Waals surface area contributed by atoms with Crippen molar-refractivity contribution in [2.45, 2.75) is 20.3 Å². The second kappa shape index (κ2) is 9.12. The molecule has 0 spiro atoms. The van der Waals surface area contributed by atoms with Crippen molar-refractivity contribution in [1.82, 2.24) is 10.9 Å². The Morgan fingerprint density at radius 2 is 1.08 bits per heavy atom. The standard InChI is InChI=1S/C19H20N4O2/c1-14(20-22-18(24)16-9-5-3-6-10-16)13-15(2)21-23-19(25)17-11-7-4-8-12-17/h3-12H,13H2,1-2H3,(H,22,24)(H,23,25)/b20-14+,21-15+. The van der Waals surface area contributed by atoms with Crippen LogP contribution in [0.5, 0.6) is 0 Å². The number of carbonyl (C=O) groups excluding carboxylic acids is 2. The fraction of sp³-hybridized carbons (Fsp3) is 0.158. The molecule has 0 heterocycles. The molecule has 2 aromatic carbocycles. The van der Waals surface area contributed by atoms with E-state index in [2.05, 4.69) is 21.1 Å². The van der Waals surface area contributed by atoms with E-state index in [-0.39, 0.29) is 11.8 Å². The van der Waals surface area contributed by atoms with E-state index in [1.807, 2.05) is 12.1 Å². The van der Waals surface area contributed by atoms with Crippen molar-refractivity contribution >= 4 is 23.2 Å². The highest BCUT2D eigenvalue weighted by Gasteiger charge is 2.05. The molecule has 0 unspecified atom stereocenters. The van der Waals surface area contributed by atoms with Crippen molar-refractivity contribution in [3.05, 3.63) is 71.8 Å². The average Bonchev–Trinajstić information content (AvgIpc) is 2.65. The molecule has 0 saturated carbocycles. The van der Waals surface area contributed by atoms with E-state index < -0.39 is 0 Å². The van der Waals surface area contributed by atoms with Gasteiger partial charge in [-0.3, -0.25) is 9.59 Å². The Balaban J connectivity index is 1.85. The number of hydrazone groups is 2. The second-order valence-electron chi connectivity index (χ2n) is 5.48. The van der Waals surface area contributed by atoms with Crippen molar-refractivity contribution < 1.29 is 9.59 Å². The Bertz CT molecular complexity index is 716. The molecular formula is C19H20N4O2. The summed E-state index contributed by atoms with van der Waals surface area (Å²) >= 11 is 0. The summed E-state index contributed by atoms with van der Waals surface area (Å²) in [6.45, 7) is 3.56. The van der Waals surface area contributed by atoms with Crippen molar-refractivity contribution in [3.63, 3.8) is 0 Å². The largest absolute Gasteiger partial charge is 0.271 e. The first kappa shape index (κ1) is 18.1. The highest BCUT2D eigenvalue weighted by molar-refractivity contribution is 6.04. The van der Waals surface area contributed by atoms with Crippen LogP contribution < -0.4 is 10.9 Å². The zero-order chi connectivity index (χ0) is 18.1. The maximum absolute atomic E-state index is 11.9. The van der Waals surface area contributed by atoms with Crippen LogP contribution >= 0.6 is 0 Å². The topological polar surface area (TPSA) is 82.9 Å². The lowest BCUT2D eigenvalue weighted by Gasteiger charge is -2.04. The number of nitrogens with zero attached hydrogens (tertiary/aromatic N) is 2. The summed E-state index contributed by atoms with van der Waals surface area (Å²) in [4.78, 5) is 23.8. The summed E-state index contributed by atoms with van der Waals surface area (Å²) in [7, 11) is 0. The van der Waals surface area contributed by atoms with Gasteiger partial charge in [-0.05, 0) is 38.1 Å². The normalized spacial score (nSPS) is 11.8. The Morgan fingerprint density at radius 3 is 1.44 bits per heavy atom. The number of amides is 2. The first-order chi connectivity index (χ1) is 12.1. The van der Waals surface area contributed by atoms with Gasteiger partial charge in [0.25, 0.3) is 11.8 Å². The highest BCUT2D eigenvalue weighted by atomic mass is 16.2. The second-order valence-corrected chi connectivity index (χ2v) is 5.48. The van der Waals surface area contributed by atoms with Crippen molar-refractivity contribution in [3.8, 4) is 0 Å². The highest BCUT2D eigenvalue weighted by Crippen LogP contribution is 1.99.